The lowest BCUT2D eigenvalue weighted by atomic mass is 9.97. The number of hydrogen-bond acceptors (Lipinski definition) is 8. The SMILES string of the molecule is CCC1CN(c2ncc(-c3nnc(C)o3)nc2Cl)CCN1C1CCN(C(=O)c2ccc(Cl)cc2)CC1. The molecule has 1 amide bonds. The molecule has 1 unspecified atom stereocenters. The number of amides is 1. The third-order valence-electron chi connectivity index (χ3n) is 7.07. The van der Waals surface area contributed by atoms with Crippen LogP contribution in [0.1, 0.15) is 42.4 Å². The lowest BCUT2D eigenvalue weighted by molar-refractivity contribution is 0.0491. The molecular formula is C25H29Cl2N7O2. The van der Waals surface area contributed by atoms with E-state index in [0.717, 1.165) is 52.0 Å². The van der Waals surface area contributed by atoms with Gasteiger partial charge in [0.05, 0.1) is 6.20 Å². The van der Waals surface area contributed by atoms with E-state index >= 15 is 0 Å². The average Bonchev–Trinajstić information content (AvgIpc) is 3.34. The van der Waals surface area contributed by atoms with E-state index < -0.39 is 0 Å². The van der Waals surface area contributed by atoms with Crippen molar-refractivity contribution < 1.29 is 9.21 Å². The first-order valence-corrected chi connectivity index (χ1v) is 13.1. The molecular weight excluding hydrogens is 501 g/mol. The predicted octanol–water partition coefficient (Wildman–Crippen LogP) is 4.35. The lowest BCUT2D eigenvalue weighted by Crippen LogP contribution is -2.58. The Bertz CT molecular complexity index is 1210. The van der Waals surface area contributed by atoms with Gasteiger partial charge in [0.15, 0.2) is 11.0 Å². The molecule has 0 saturated carbocycles. The first-order valence-electron chi connectivity index (χ1n) is 12.3. The Hall–Kier alpha value is -2.75. The standard InChI is InChI=1S/C25H29Cl2N7O2/c1-3-19-15-33(23-22(27)29-21(14-28-23)24-31-30-16(2)36-24)12-13-34(19)20-8-10-32(11-9-20)25(35)17-4-6-18(26)7-5-17/h4-7,14,19-20H,3,8-13,15H2,1-2H3. The molecule has 190 valence electrons. The number of halogens is 2. The third-order valence-corrected chi connectivity index (χ3v) is 7.57. The Balaban J connectivity index is 1.20. The Morgan fingerprint density at radius 2 is 1.83 bits per heavy atom. The summed E-state index contributed by atoms with van der Waals surface area (Å²) in [6.45, 7) is 8.02. The normalized spacial score (nSPS) is 19.6. The summed E-state index contributed by atoms with van der Waals surface area (Å²) in [4.78, 5) is 28.7. The van der Waals surface area contributed by atoms with Gasteiger partial charge in [0.25, 0.3) is 11.8 Å². The van der Waals surface area contributed by atoms with Gasteiger partial charge in [-0.1, -0.05) is 30.1 Å². The van der Waals surface area contributed by atoms with Crippen molar-refractivity contribution in [3.05, 3.63) is 52.1 Å². The Kier molecular flexibility index (Phi) is 7.41. The van der Waals surface area contributed by atoms with Gasteiger partial charge in [-0.3, -0.25) is 9.69 Å². The summed E-state index contributed by atoms with van der Waals surface area (Å²) in [6.07, 6.45) is 4.59. The van der Waals surface area contributed by atoms with Crippen LogP contribution < -0.4 is 4.90 Å². The number of carbonyl (C=O) groups excluding carboxylic acids is 1. The molecule has 36 heavy (non-hydrogen) atoms. The van der Waals surface area contributed by atoms with Crippen molar-refractivity contribution in [2.75, 3.05) is 37.6 Å². The zero-order chi connectivity index (χ0) is 25.2. The van der Waals surface area contributed by atoms with Crippen LogP contribution in [-0.2, 0) is 0 Å². The number of hydrogen-bond donors (Lipinski definition) is 0. The number of piperidine rings is 1. The van der Waals surface area contributed by atoms with Crippen molar-refractivity contribution in [3.63, 3.8) is 0 Å². The summed E-state index contributed by atoms with van der Waals surface area (Å²) in [7, 11) is 0. The van der Waals surface area contributed by atoms with E-state index in [9.17, 15) is 4.79 Å². The van der Waals surface area contributed by atoms with Crippen LogP contribution in [0.15, 0.2) is 34.9 Å². The Labute approximate surface area is 220 Å². The number of aryl methyl sites for hydroxylation is 1. The first kappa shape index (κ1) is 24.9. The summed E-state index contributed by atoms with van der Waals surface area (Å²) in [6, 6.07) is 7.96. The average molecular weight is 530 g/mol. The summed E-state index contributed by atoms with van der Waals surface area (Å²) < 4.78 is 5.44. The number of benzene rings is 1. The maximum atomic E-state index is 12.9. The van der Waals surface area contributed by atoms with E-state index in [1.54, 1.807) is 37.4 Å². The van der Waals surface area contributed by atoms with Gasteiger partial charge < -0.3 is 14.2 Å². The molecule has 2 saturated heterocycles. The number of likely N-dealkylation sites (tertiary alicyclic amines) is 1. The van der Waals surface area contributed by atoms with Crippen LogP contribution >= 0.6 is 23.2 Å². The van der Waals surface area contributed by atoms with Crippen LogP contribution in [0.2, 0.25) is 10.2 Å². The summed E-state index contributed by atoms with van der Waals surface area (Å²) in [5.41, 5.74) is 1.16. The van der Waals surface area contributed by atoms with Crippen molar-refractivity contribution in [2.45, 2.75) is 45.2 Å². The fraction of sp³-hybridized carbons (Fsp3) is 0.480. The molecule has 4 heterocycles. The maximum Gasteiger partial charge on any atom is 0.267 e. The topological polar surface area (TPSA) is 91.5 Å². The molecule has 2 aromatic heterocycles. The number of aromatic nitrogens is 4. The Morgan fingerprint density at radius 3 is 2.47 bits per heavy atom. The molecule has 11 heteroatoms. The fourth-order valence-corrected chi connectivity index (χ4v) is 5.54. The molecule has 0 spiro atoms. The molecule has 9 nitrogen and oxygen atoms in total. The van der Waals surface area contributed by atoms with Gasteiger partial charge >= 0.3 is 0 Å². The fourth-order valence-electron chi connectivity index (χ4n) is 5.16. The number of piperazine rings is 1. The van der Waals surface area contributed by atoms with Crippen molar-refractivity contribution in [2.24, 2.45) is 0 Å². The number of rotatable bonds is 5. The van der Waals surface area contributed by atoms with E-state index in [-0.39, 0.29) is 5.91 Å². The monoisotopic (exact) mass is 529 g/mol. The van der Waals surface area contributed by atoms with Crippen LogP contribution in [0.5, 0.6) is 0 Å². The number of carbonyl (C=O) groups is 1. The smallest absolute Gasteiger partial charge is 0.267 e. The number of nitrogens with zero attached hydrogens (tertiary/aromatic N) is 7. The zero-order valence-electron chi connectivity index (χ0n) is 20.4. The van der Waals surface area contributed by atoms with Crippen LogP contribution in [0.25, 0.3) is 11.6 Å². The van der Waals surface area contributed by atoms with Gasteiger partial charge in [-0.05, 0) is 43.5 Å². The molecule has 0 bridgehead atoms. The molecule has 3 aromatic rings. The van der Waals surface area contributed by atoms with Gasteiger partial charge in [-0.2, -0.15) is 0 Å². The van der Waals surface area contributed by atoms with Gasteiger partial charge in [0, 0.05) is 62.3 Å². The minimum absolute atomic E-state index is 0.0781. The second kappa shape index (κ2) is 10.7. The first-order chi connectivity index (χ1) is 17.4. The van der Waals surface area contributed by atoms with E-state index in [1.807, 2.05) is 4.90 Å². The molecule has 0 aliphatic carbocycles. The molecule has 2 aliphatic heterocycles. The molecule has 1 aromatic carbocycles. The maximum absolute atomic E-state index is 12.9. The predicted molar refractivity (Wildman–Crippen MR) is 138 cm³/mol. The molecule has 0 radical (unpaired) electrons. The van der Waals surface area contributed by atoms with Crippen molar-refractivity contribution in [1.29, 1.82) is 0 Å². The minimum atomic E-state index is 0.0781. The number of anilines is 1. The molecule has 5 rings (SSSR count). The minimum Gasteiger partial charge on any atom is -0.420 e. The van der Waals surface area contributed by atoms with Crippen molar-refractivity contribution in [3.8, 4) is 11.6 Å². The largest absolute Gasteiger partial charge is 0.420 e. The van der Waals surface area contributed by atoms with Gasteiger partial charge in [-0.15, -0.1) is 10.2 Å². The highest BCUT2D eigenvalue weighted by Crippen LogP contribution is 2.30. The highest BCUT2D eigenvalue weighted by atomic mass is 35.5. The highest BCUT2D eigenvalue weighted by molar-refractivity contribution is 6.31. The van der Waals surface area contributed by atoms with Gasteiger partial charge in [0.1, 0.15) is 5.69 Å². The van der Waals surface area contributed by atoms with Crippen molar-refractivity contribution >= 4 is 34.9 Å². The quantitative estimate of drug-likeness (QED) is 0.481. The van der Waals surface area contributed by atoms with E-state index in [2.05, 4.69) is 36.9 Å². The van der Waals surface area contributed by atoms with E-state index in [0.29, 0.717) is 51.1 Å². The van der Waals surface area contributed by atoms with Crippen LogP contribution in [0.3, 0.4) is 0 Å². The summed E-state index contributed by atoms with van der Waals surface area (Å²) in [5, 5.41) is 8.81. The Morgan fingerprint density at radius 1 is 1.08 bits per heavy atom. The molecule has 2 fully saturated rings. The van der Waals surface area contributed by atoms with E-state index in [4.69, 9.17) is 27.6 Å². The van der Waals surface area contributed by atoms with Gasteiger partial charge in [-0.25, -0.2) is 9.97 Å². The second-order valence-electron chi connectivity index (χ2n) is 9.27. The summed E-state index contributed by atoms with van der Waals surface area (Å²) >= 11 is 12.5. The highest BCUT2D eigenvalue weighted by Gasteiger charge is 2.35. The molecule has 1 atom stereocenters. The lowest BCUT2D eigenvalue weighted by Gasteiger charge is -2.47. The van der Waals surface area contributed by atoms with Crippen LogP contribution in [0, 0.1) is 6.92 Å². The molecule has 2 aliphatic rings. The van der Waals surface area contributed by atoms with Crippen LogP contribution in [-0.4, -0.2) is 80.7 Å². The van der Waals surface area contributed by atoms with Crippen molar-refractivity contribution in [1.82, 2.24) is 30.0 Å². The van der Waals surface area contributed by atoms with Crippen LogP contribution in [0.4, 0.5) is 5.82 Å². The molecule has 0 N–H and O–H groups in total. The second-order valence-corrected chi connectivity index (χ2v) is 10.1. The van der Waals surface area contributed by atoms with E-state index in [1.165, 1.54) is 0 Å². The van der Waals surface area contributed by atoms with Gasteiger partial charge in [0.2, 0.25) is 5.89 Å². The summed E-state index contributed by atoms with van der Waals surface area (Å²) in [5.74, 6) is 1.53. The zero-order valence-corrected chi connectivity index (χ0v) is 21.9. The third kappa shape index (κ3) is 5.19.